The van der Waals surface area contributed by atoms with Crippen LogP contribution >= 0.6 is 23.1 Å². The first kappa shape index (κ1) is 20.0. The molecule has 1 N–H and O–H groups in total. The van der Waals surface area contributed by atoms with Gasteiger partial charge in [0.05, 0.1) is 16.1 Å². The van der Waals surface area contributed by atoms with Crippen LogP contribution < -0.4 is 11.1 Å². The number of non-ortho nitro benzene ring substituents is 1. The molecule has 0 aliphatic carbocycles. The van der Waals surface area contributed by atoms with Gasteiger partial charge in [-0.15, -0.1) is 10.2 Å². The van der Waals surface area contributed by atoms with E-state index in [2.05, 4.69) is 15.5 Å². The zero-order chi connectivity index (χ0) is 21.1. The fraction of sp³-hybridized carbons (Fsp3) is 0.167. The molecule has 0 spiro atoms. The van der Waals surface area contributed by atoms with Crippen LogP contribution in [-0.4, -0.2) is 25.4 Å². The SMILES string of the molecule is O=c1oc2ccc([N+](=O)[O-])cc2n1CCCSc1nnc(Nc2ccccc2F)s1. The Labute approximate surface area is 176 Å². The Hall–Kier alpha value is -3.25. The van der Waals surface area contributed by atoms with Crippen molar-refractivity contribution in [2.24, 2.45) is 0 Å². The number of nitrogens with zero attached hydrogens (tertiary/aromatic N) is 4. The van der Waals surface area contributed by atoms with Crippen molar-refractivity contribution in [3.8, 4) is 0 Å². The first-order chi connectivity index (χ1) is 14.5. The van der Waals surface area contributed by atoms with Gasteiger partial charge in [-0.05, 0) is 24.6 Å². The number of para-hydroxylation sites is 1. The summed E-state index contributed by atoms with van der Waals surface area (Å²) in [5.41, 5.74) is 0.929. The number of fused-ring (bicyclic) bond motifs is 1. The molecule has 9 nitrogen and oxygen atoms in total. The highest BCUT2D eigenvalue weighted by Crippen LogP contribution is 2.29. The number of nitro groups is 1. The van der Waals surface area contributed by atoms with Gasteiger partial charge in [-0.3, -0.25) is 14.7 Å². The van der Waals surface area contributed by atoms with Crippen molar-refractivity contribution in [2.75, 3.05) is 11.1 Å². The van der Waals surface area contributed by atoms with Crippen LogP contribution in [-0.2, 0) is 6.54 Å². The number of aromatic nitrogens is 3. The summed E-state index contributed by atoms with van der Waals surface area (Å²) in [6.07, 6.45) is 0.609. The number of nitro benzene ring substituents is 1. The predicted molar refractivity (Wildman–Crippen MR) is 112 cm³/mol. The fourth-order valence-corrected chi connectivity index (χ4v) is 4.51. The number of aryl methyl sites for hydroxylation is 1. The van der Waals surface area contributed by atoms with Gasteiger partial charge in [-0.2, -0.15) is 0 Å². The van der Waals surface area contributed by atoms with Gasteiger partial charge in [0.15, 0.2) is 9.92 Å². The molecule has 0 aliphatic heterocycles. The zero-order valence-electron chi connectivity index (χ0n) is 15.3. The molecular formula is C18H14FN5O4S2. The molecule has 0 atom stereocenters. The van der Waals surface area contributed by atoms with Gasteiger partial charge in [0.1, 0.15) is 5.82 Å². The molecule has 0 unspecified atom stereocenters. The predicted octanol–water partition coefficient (Wildman–Crippen LogP) is 4.42. The molecule has 4 aromatic rings. The molecule has 2 aromatic carbocycles. The quantitative estimate of drug-likeness (QED) is 0.183. The molecular weight excluding hydrogens is 433 g/mol. The summed E-state index contributed by atoms with van der Waals surface area (Å²) in [7, 11) is 0. The van der Waals surface area contributed by atoms with Gasteiger partial charge < -0.3 is 9.73 Å². The summed E-state index contributed by atoms with van der Waals surface area (Å²) in [6.45, 7) is 0.346. The fourth-order valence-electron chi connectivity index (χ4n) is 2.75. The van der Waals surface area contributed by atoms with E-state index >= 15 is 0 Å². The van der Waals surface area contributed by atoms with Crippen LogP contribution in [0.1, 0.15) is 6.42 Å². The molecule has 2 aromatic heterocycles. The van der Waals surface area contributed by atoms with E-state index in [0.717, 1.165) is 0 Å². The third-order valence-corrected chi connectivity index (χ3v) is 6.19. The summed E-state index contributed by atoms with van der Waals surface area (Å²) in [5, 5.41) is 22.4. The Morgan fingerprint density at radius 1 is 1.27 bits per heavy atom. The van der Waals surface area contributed by atoms with Gasteiger partial charge >= 0.3 is 5.76 Å². The van der Waals surface area contributed by atoms with E-state index in [-0.39, 0.29) is 11.5 Å². The molecule has 154 valence electrons. The monoisotopic (exact) mass is 447 g/mol. The van der Waals surface area contributed by atoms with Crippen LogP contribution in [0.2, 0.25) is 0 Å². The average molecular weight is 447 g/mol. The number of halogens is 1. The van der Waals surface area contributed by atoms with Crippen LogP contribution in [0, 0.1) is 15.9 Å². The largest absolute Gasteiger partial charge is 0.419 e. The van der Waals surface area contributed by atoms with Crippen molar-refractivity contribution < 1.29 is 13.7 Å². The molecule has 2 heterocycles. The highest BCUT2D eigenvalue weighted by atomic mass is 32.2. The number of hydrogen-bond acceptors (Lipinski definition) is 9. The number of nitrogens with one attached hydrogen (secondary N) is 1. The van der Waals surface area contributed by atoms with Crippen LogP contribution in [0.5, 0.6) is 0 Å². The standard InChI is InChI=1S/C18H14FN5O4S2/c19-12-4-1-2-5-13(12)20-16-21-22-17(30-16)29-9-3-8-23-14-10-11(24(26)27)6-7-15(14)28-18(23)25/h1-2,4-7,10H,3,8-9H2,(H,20,21). The minimum atomic E-state index is -0.553. The van der Waals surface area contributed by atoms with Gasteiger partial charge in [0.25, 0.3) is 5.69 Å². The molecule has 0 radical (unpaired) electrons. The molecule has 12 heteroatoms. The lowest BCUT2D eigenvalue weighted by Gasteiger charge is -2.02. The van der Waals surface area contributed by atoms with Crippen molar-refractivity contribution >= 4 is 50.7 Å². The first-order valence-electron chi connectivity index (χ1n) is 8.77. The van der Waals surface area contributed by atoms with Gasteiger partial charge in [0, 0.05) is 24.4 Å². The van der Waals surface area contributed by atoms with Gasteiger partial charge in [-0.25, -0.2) is 9.18 Å². The second-order valence-electron chi connectivity index (χ2n) is 6.11. The molecule has 0 aliphatic rings. The number of benzene rings is 2. The molecule has 4 rings (SSSR count). The smallest absolute Gasteiger partial charge is 0.408 e. The van der Waals surface area contributed by atoms with E-state index in [9.17, 15) is 19.3 Å². The molecule has 0 saturated carbocycles. The maximum absolute atomic E-state index is 13.7. The lowest BCUT2D eigenvalue weighted by Crippen LogP contribution is -2.14. The normalized spacial score (nSPS) is 11.1. The highest BCUT2D eigenvalue weighted by Gasteiger charge is 2.14. The third kappa shape index (κ3) is 4.33. The average Bonchev–Trinajstić information content (AvgIpc) is 3.30. The molecule has 0 amide bonds. The molecule has 0 fully saturated rings. The molecule has 0 saturated heterocycles. The Kier molecular flexibility index (Phi) is 5.77. The van der Waals surface area contributed by atoms with Crippen molar-refractivity contribution in [1.82, 2.24) is 14.8 Å². The van der Waals surface area contributed by atoms with Crippen molar-refractivity contribution in [1.29, 1.82) is 0 Å². The van der Waals surface area contributed by atoms with Crippen LogP contribution in [0.15, 0.2) is 56.0 Å². The Morgan fingerprint density at radius 3 is 2.90 bits per heavy atom. The maximum atomic E-state index is 13.7. The number of anilines is 2. The molecule has 30 heavy (non-hydrogen) atoms. The molecule has 0 bridgehead atoms. The highest BCUT2D eigenvalue weighted by molar-refractivity contribution is 8.01. The van der Waals surface area contributed by atoms with E-state index in [4.69, 9.17) is 4.42 Å². The number of thioether (sulfide) groups is 1. The zero-order valence-corrected chi connectivity index (χ0v) is 16.9. The van der Waals surface area contributed by atoms with Crippen LogP contribution in [0.4, 0.5) is 20.9 Å². The van der Waals surface area contributed by atoms with E-state index in [1.165, 1.54) is 51.9 Å². The second-order valence-corrected chi connectivity index (χ2v) is 8.43. The minimum Gasteiger partial charge on any atom is -0.408 e. The Balaban J connectivity index is 1.36. The maximum Gasteiger partial charge on any atom is 0.419 e. The van der Waals surface area contributed by atoms with E-state index < -0.39 is 10.7 Å². The van der Waals surface area contributed by atoms with Crippen LogP contribution in [0.25, 0.3) is 11.1 Å². The third-order valence-electron chi connectivity index (χ3n) is 4.14. The lowest BCUT2D eigenvalue weighted by atomic mass is 10.3. The summed E-state index contributed by atoms with van der Waals surface area (Å²) in [5.74, 6) is -0.287. The van der Waals surface area contributed by atoms with Gasteiger partial charge in [0.2, 0.25) is 5.13 Å². The minimum absolute atomic E-state index is 0.102. The van der Waals surface area contributed by atoms with Crippen LogP contribution in [0.3, 0.4) is 0 Å². The number of oxazole rings is 1. The summed E-state index contributed by atoms with van der Waals surface area (Å²) in [4.78, 5) is 22.5. The van der Waals surface area contributed by atoms with E-state index in [1.54, 1.807) is 18.2 Å². The lowest BCUT2D eigenvalue weighted by molar-refractivity contribution is -0.384. The number of hydrogen-bond donors (Lipinski definition) is 1. The second kappa shape index (κ2) is 8.63. The van der Waals surface area contributed by atoms with Gasteiger partial charge in [-0.1, -0.05) is 35.2 Å². The van der Waals surface area contributed by atoms with Crippen molar-refractivity contribution in [3.63, 3.8) is 0 Å². The van der Waals surface area contributed by atoms with Crippen molar-refractivity contribution in [2.45, 2.75) is 17.3 Å². The van der Waals surface area contributed by atoms with E-state index in [0.29, 0.717) is 45.0 Å². The topological polar surface area (TPSA) is 116 Å². The number of rotatable bonds is 8. The first-order valence-corrected chi connectivity index (χ1v) is 10.6. The summed E-state index contributed by atoms with van der Waals surface area (Å²) in [6, 6.07) is 10.3. The summed E-state index contributed by atoms with van der Waals surface area (Å²) < 4.78 is 20.9. The Morgan fingerprint density at radius 2 is 2.10 bits per heavy atom. The Bertz CT molecular complexity index is 1270. The van der Waals surface area contributed by atoms with E-state index in [1.807, 2.05) is 0 Å². The van der Waals surface area contributed by atoms with Crippen molar-refractivity contribution in [3.05, 3.63) is 68.9 Å². The summed E-state index contributed by atoms with van der Waals surface area (Å²) >= 11 is 2.75.